The van der Waals surface area contributed by atoms with Crippen LogP contribution in [0.25, 0.3) is 0 Å². The number of hydrogen-bond donors (Lipinski definition) is 1. The van der Waals surface area contributed by atoms with Crippen molar-refractivity contribution in [3.63, 3.8) is 0 Å². The van der Waals surface area contributed by atoms with Crippen LogP contribution in [0.3, 0.4) is 0 Å². The molecule has 2 aromatic carbocycles. The number of benzene rings is 2. The van der Waals surface area contributed by atoms with Crippen LogP contribution in [0.5, 0.6) is 5.75 Å². The van der Waals surface area contributed by atoms with Crippen molar-refractivity contribution in [2.24, 2.45) is 0 Å². The number of hydrogen-bond acceptors (Lipinski definition) is 4. The van der Waals surface area contributed by atoms with E-state index in [-0.39, 0.29) is 30.2 Å². The number of furan rings is 1. The van der Waals surface area contributed by atoms with Gasteiger partial charge in [-0.25, -0.2) is 0 Å². The molecular formula is C26H28N2O4. The number of ether oxygens (including phenoxy) is 1. The lowest BCUT2D eigenvalue weighted by atomic mass is 10.0. The normalized spacial score (nSPS) is 14.7. The zero-order valence-electron chi connectivity index (χ0n) is 18.2. The van der Waals surface area contributed by atoms with Crippen molar-refractivity contribution in [3.8, 4) is 5.75 Å². The van der Waals surface area contributed by atoms with E-state index in [2.05, 4.69) is 5.32 Å². The van der Waals surface area contributed by atoms with Crippen molar-refractivity contribution in [1.29, 1.82) is 0 Å². The molecule has 0 radical (unpaired) electrons. The lowest BCUT2D eigenvalue weighted by Crippen LogP contribution is -2.45. The Morgan fingerprint density at radius 1 is 1.06 bits per heavy atom. The third-order valence-electron chi connectivity index (χ3n) is 5.86. The van der Waals surface area contributed by atoms with E-state index in [9.17, 15) is 9.59 Å². The number of nitrogens with one attached hydrogen (secondary N) is 1. The summed E-state index contributed by atoms with van der Waals surface area (Å²) in [5, 5.41) is 3.18. The standard InChI is InChI=1S/C26H28N2O4/c1-31-22-14-7-9-19(17-22)18-28(26(30)23-15-8-16-32-23)24(20-10-3-2-4-11-20)25(29)27-21-12-5-6-13-21/h2-4,7-11,14-17,21,24H,5-6,12-13,18H2,1H3,(H,27,29)/t24-/m1/s1. The van der Waals surface area contributed by atoms with E-state index in [4.69, 9.17) is 9.15 Å². The Kier molecular flexibility index (Phi) is 6.90. The van der Waals surface area contributed by atoms with E-state index in [1.807, 2.05) is 54.6 Å². The molecule has 166 valence electrons. The van der Waals surface area contributed by atoms with Crippen LogP contribution in [0.15, 0.2) is 77.4 Å². The van der Waals surface area contributed by atoms with Crippen molar-refractivity contribution in [2.75, 3.05) is 7.11 Å². The summed E-state index contributed by atoms with van der Waals surface area (Å²) < 4.78 is 10.8. The second kappa shape index (κ2) is 10.2. The molecule has 0 unspecified atom stereocenters. The lowest BCUT2D eigenvalue weighted by molar-refractivity contribution is -0.126. The highest BCUT2D eigenvalue weighted by Crippen LogP contribution is 2.28. The third-order valence-corrected chi connectivity index (χ3v) is 5.86. The molecule has 32 heavy (non-hydrogen) atoms. The van der Waals surface area contributed by atoms with Crippen molar-refractivity contribution in [1.82, 2.24) is 10.2 Å². The fourth-order valence-corrected chi connectivity index (χ4v) is 4.25. The quantitative estimate of drug-likeness (QED) is 0.559. The molecular weight excluding hydrogens is 404 g/mol. The van der Waals surface area contributed by atoms with E-state index in [1.54, 1.807) is 24.1 Å². The molecule has 1 aliphatic carbocycles. The Labute approximate surface area is 188 Å². The fraction of sp³-hybridized carbons (Fsp3) is 0.308. The first kappa shape index (κ1) is 21.7. The molecule has 2 amide bonds. The highest BCUT2D eigenvalue weighted by atomic mass is 16.5. The monoisotopic (exact) mass is 432 g/mol. The van der Waals surface area contributed by atoms with Gasteiger partial charge in [-0.2, -0.15) is 0 Å². The van der Waals surface area contributed by atoms with Gasteiger partial charge in [0.1, 0.15) is 11.8 Å². The molecule has 1 saturated carbocycles. The van der Waals surface area contributed by atoms with Gasteiger partial charge < -0.3 is 19.4 Å². The molecule has 1 heterocycles. The lowest BCUT2D eigenvalue weighted by Gasteiger charge is -2.32. The zero-order valence-corrected chi connectivity index (χ0v) is 18.2. The predicted octanol–water partition coefficient (Wildman–Crippen LogP) is 4.73. The van der Waals surface area contributed by atoms with Crippen molar-refractivity contribution >= 4 is 11.8 Å². The minimum absolute atomic E-state index is 0.145. The number of nitrogens with zero attached hydrogens (tertiary/aromatic N) is 1. The number of rotatable bonds is 8. The van der Waals surface area contributed by atoms with Gasteiger partial charge >= 0.3 is 0 Å². The van der Waals surface area contributed by atoms with E-state index < -0.39 is 6.04 Å². The van der Waals surface area contributed by atoms with Gasteiger partial charge in [0.05, 0.1) is 13.4 Å². The van der Waals surface area contributed by atoms with Crippen molar-refractivity contribution < 1.29 is 18.7 Å². The number of carbonyl (C=O) groups is 2. The second-order valence-corrected chi connectivity index (χ2v) is 8.07. The summed E-state index contributed by atoms with van der Waals surface area (Å²) in [6.45, 7) is 0.231. The van der Waals surface area contributed by atoms with Crippen LogP contribution in [0.1, 0.15) is 53.4 Å². The third kappa shape index (κ3) is 5.02. The maximum Gasteiger partial charge on any atom is 0.290 e. The maximum absolute atomic E-state index is 13.6. The Bertz CT molecular complexity index is 1030. The minimum atomic E-state index is -0.791. The van der Waals surface area contributed by atoms with E-state index in [0.29, 0.717) is 5.75 Å². The summed E-state index contributed by atoms with van der Waals surface area (Å²) >= 11 is 0. The van der Waals surface area contributed by atoms with E-state index in [0.717, 1.165) is 36.8 Å². The summed E-state index contributed by atoms with van der Waals surface area (Å²) in [7, 11) is 1.60. The van der Waals surface area contributed by atoms with Crippen LogP contribution >= 0.6 is 0 Å². The summed E-state index contributed by atoms with van der Waals surface area (Å²) in [6, 6.07) is 19.6. The van der Waals surface area contributed by atoms with Gasteiger partial charge in [-0.15, -0.1) is 0 Å². The second-order valence-electron chi connectivity index (χ2n) is 8.07. The highest BCUT2D eigenvalue weighted by Gasteiger charge is 2.34. The van der Waals surface area contributed by atoms with Crippen LogP contribution in [0.2, 0.25) is 0 Å². The zero-order chi connectivity index (χ0) is 22.3. The summed E-state index contributed by atoms with van der Waals surface area (Å²) in [6.07, 6.45) is 5.62. The van der Waals surface area contributed by atoms with Gasteiger partial charge in [-0.05, 0) is 48.2 Å². The average molecular weight is 433 g/mol. The first-order chi connectivity index (χ1) is 15.7. The Hall–Kier alpha value is -3.54. The van der Waals surface area contributed by atoms with Gasteiger partial charge in [0.15, 0.2) is 5.76 Å². The summed E-state index contributed by atoms with van der Waals surface area (Å²) in [5.41, 5.74) is 1.62. The van der Waals surface area contributed by atoms with Crippen LogP contribution in [-0.4, -0.2) is 29.9 Å². The van der Waals surface area contributed by atoms with Crippen molar-refractivity contribution in [3.05, 3.63) is 89.9 Å². The van der Waals surface area contributed by atoms with E-state index >= 15 is 0 Å². The van der Waals surface area contributed by atoms with E-state index in [1.165, 1.54) is 6.26 Å². The fourth-order valence-electron chi connectivity index (χ4n) is 4.25. The van der Waals surface area contributed by atoms with Crippen LogP contribution in [0.4, 0.5) is 0 Å². The molecule has 0 bridgehead atoms. The first-order valence-corrected chi connectivity index (χ1v) is 11.0. The van der Waals surface area contributed by atoms with Gasteiger partial charge in [0.2, 0.25) is 5.91 Å². The molecule has 0 spiro atoms. The molecule has 0 aliphatic heterocycles. The predicted molar refractivity (Wildman–Crippen MR) is 121 cm³/mol. The Balaban J connectivity index is 1.72. The highest BCUT2D eigenvalue weighted by molar-refractivity contribution is 5.96. The first-order valence-electron chi connectivity index (χ1n) is 11.0. The number of carbonyl (C=O) groups excluding carboxylic acids is 2. The average Bonchev–Trinajstić information content (AvgIpc) is 3.54. The molecule has 3 aromatic rings. The largest absolute Gasteiger partial charge is 0.497 e. The molecule has 1 aromatic heterocycles. The van der Waals surface area contributed by atoms with Crippen LogP contribution in [0, 0.1) is 0 Å². The van der Waals surface area contributed by atoms with Crippen LogP contribution < -0.4 is 10.1 Å². The van der Waals surface area contributed by atoms with Crippen molar-refractivity contribution in [2.45, 2.75) is 44.3 Å². The molecule has 0 saturated heterocycles. The van der Waals surface area contributed by atoms with Gasteiger partial charge in [0.25, 0.3) is 5.91 Å². The number of methoxy groups -OCH3 is 1. The van der Waals surface area contributed by atoms with Gasteiger partial charge in [0, 0.05) is 12.6 Å². The molecule has 6 heteroatoms. The smallest absolute Gasteiger partial charge is 0.290 e. The summed E-state index contributed by atoms with van der Waals surface area (Å²) in [5.74, 6) is 0.376. The Morgan fingerprint density at radius 3 is 2.53 bits per heavy atom. The Morgan fingerprint density at radius 2 is 1.84 bits per heavy atom. The molecule has 1 fully saturated rings. The van der Waals surface area contributed by atoms with Crippen LogP contribution in [-0.2, 0) is 11.3 Å². The molecule has 6 nitrogen and oxygen atoms in total. The topological polar surface area (TPSA) is 71.8 Å². The molecule has 1 N–H and O–H groups in total. The molecule has 1 atom stereocenters. The maximum atomic E-state index is 13.6. The minimum Gasteiger partial charge on any atom is -0.497 e. The van der Waals surface area contributed by atoms with Gasteiger partial charge in [-0.3, -0.25) is 9.59 Å². The van der Waals surface area contributed by atoms with Gasteiger partial charge in [-0.1, -0.05) is 55.3 Å². The summed E-state index contributed by atoms with van der Waals surface area (Å²) in [4.78, 5) is 28.7. The molecule has 4 rings (SSSR count). The number of amides is 2. The SMILES string of the molecule is COc1cccc(CN(C(=O)c2ccco2)[C@@H](C(=O)NC2CCCC2)c2ccccc2)c1. The molecule has 1 aliphatic rings.